The minimum atomic E-state index is -0.347. The van der Waals surface area contributed by atoms with Crippen LogP contribution in [0.4, 0.5) is 0 Å². The summed E-state index contributed by atoms with van der Waals surface area (Å²) in [6.45, 7) is 2.11. The van der Waals surface area contributed by atoms with Crippen LogP contribution in [0.2, 0.25) is 0 Å². The molecule has 0 saturated carbocycles. The van der Waals surface area contributed by atoms with Crippen molar-refractivity contribution in [2.45, 2.75) is 32.7 Å². The van der Waals surface area contributed by atoms with Gasteiger partial charge in [0, 0.05) is 24.7 Å². The first-order valence-electron chi connectivity index (χ1n) is 4.89. The van der Waals surface area contributed by atoms with Gasteiger partial charge in [0.2, 0.25) is 0 Å². The normalized spacial score (nSPS) is 9.87. The van der Waals surface area contributed by atoms with Crippen LogP contribution < -0.4 is 11.2 Å². The molecule has 0 saturated heterocycles. The summed E-state index contributed by atoms with van der Waals surface area (Å²) in [5.41, 5.74) is -0.0115. The van der Waals surface area contributed by atoms with Crippen LogP contribution in [-0.4, -0.2) is 9.55 Å². The maximum Gasteiger partial charge on any atom is 0.328 e. The van der Waals surface area contributed by atoms with E-state index in [-0.39, 0.29) is 11.2 Å². The SMILES string of the molecule is C#CCCCCn1c(=O)cc(C)[nH]c1=O. The second-order valence-electron chi connectivity index (χ2n) is 3.41. The number of aryl methyl sites for hydroxylation is 1. The van der Waals surface area contributed by atoms with Gasteiger partial charge in [0.1, 0.15) is 0 Å². The highest BCUT2D eigenvalue weighted by atomic mass is 16.2. The molecule has 0 aliphatic heterocycles. The molecule has 15 heavy (non-hydrogen) atoms. The summed E-state index contributed by atoms with van der Waals surface area (Å²) < 4.78 is 1.20. The van der Waals surface area contributed by atoms with Crippen LogP contribution in [-0.2, 0) is 6.54 Å². The van der Waals surface area contributed by atoms with Crippen molar-refractivity contribution < 1.29 is 0 Å². The Labute approximate surface area is 88.0 Å². The van der Waals surface area contributed by atoms with Crippen LogP contribution in [0.15, 0.2) is 15.7 Å². The second-order valence-corrected chi connectivity index (χ2v) is 3.41. The van der Waals surface area contributed by atoms with Crippen molar-refractivity contribution >= 4 is 0 Å². The number of aromatic nitrogens is 2. The summed E-state index contributed by atoms with van der Waals surface area (Å²) in [6, 6.07) is 1.42. The average Bonchev–Trinajstić information content (AvgIpc) is 2.15. The Hall–Kier alpha value is -1.76. The molecule has 0 aliphatic rings. The minimum Gasteiger partial charge on any atom is -0.311 e. The molecule has 1 aromatic heterocycles. The van der Waals surface area contributed by atoms with E-state index in [4.69, 9.17) is 6.42 Å². The monoisotopic (exact) mass is 206 g/mol. The molecule has 80 valence electrons. The summed E-state index contributed by atoms with van der Waals surface area (Å²) in [6.07, 6.45) is 7.36. The predicted molar refractivity (Wildman–Crippen MR) is 58.7 cm³/mol. The van der Waals surface area contributed by atoms with Crippen molar-refractivity contribution in [3.8, 4) is 12.3 Å². The maximum absolute atomic E-state index is 11.4. The van der Waals surface area contributed by atoms with Crippen molar-refractivity contribution in [1.29, 1.82) is 0 Å². The fraction of sp³-hybridized carbons (Fsp3) is 0.455. The van der Waals surface area contributed by atoms with Crippen molar-refractivity contribution in [1.82, 2.24) is 9.55 Å². The number of hydrogen-bond donors (Lipinski definition) is 1. The highest BCUT2D eigenvalue weighted by molar-refractivity contribution is 4.96. The van der Waals surface area contributed by atoms with E-state index in [1.54, 1.807) is 6.92 Å². The van der Waals surface area contributed by atoms with Gasteiger partial charge in [-0.3, -0.25) is 9.36 Å². The van der Waals surface area contributed by atoms with Crippen LogP contribution in [0.3, 0.4) is 0 Å². The fourth-order valence-electron chi connectivity index (χ4n) is 1.34. The maximum atomic E-state index is 11.4. The van der Waals surface area contributed by atoms with Crippen molar-refractivity contribution in [3.63, 3.8) is 0 Å². The molecular weight excluding hydrogens is 192 g/mol. The molecule has 0 aromatic carbocycles. The van der Waals surface area contributed by atoms with Gasteiger partial charge in [0.05, 0.1) is 0 Å². The standard InChI is InChI=1S/C11H14N2O2/c1-3-4-5-6-7-13-10(14)8-9(2)12-11(13)15/h1,8H,4-7H2,2H3,(H,12,15). The molecule has 0 unspecified atom stereocenters. The number of nitrogens with zero attached hydrogens (tertiary/aromatic N) is 1. The number of terminal acetylenes is 1. The molecule has 0 atom stereocenters. The van der Waals surface area contributed by atoms with Crippen LogP contribution in [0.25, 0.3) is 0 Å². The van der Waals surface area contributed by atoms with Gasteiger partial charge in [-0.15, -0.1) is 12.3 Å². The van der Waals surface area contributed by atoms with Gasteiger partial charge in [-0.2, -0.15) is 0 Å². The summed E-state index contributed by atoms with van der Waals surface area (Å²) >= 11 is 0. The molecule has 1 rings (SSSR count). The van der Waals surface area contributed by atoms with E-state index in [1.807, 2.05) is 0 Å². The minimum absolute atomic E-state index is 0.253. The third kappa shape index (κ3) is 3.13. The second kappa shape index (κ2) is 5.20. The molecule has 0 spiro atoms. The molecule has 0 amide bonds. The van der Waals surface area contributed by atoms with Gasteiger partial charge in [-0.05, 0) is 19.8 Å². The predicted octanol–water partition coefficient (Wildman–Crippen LogP) is 0.649. The Bertz CT molecular complexity index is 445. The summed E-state index contributed by atoms with van der Waals surface area (Å²) in [7, 11) is 0. The summed E-state index contributed by atoms with van der Waals surface area (Å²) in [4.78, 5) is 25.4. The summed E-state index contributed by atoms with van der Waals surface area (Å²) in [5.74, 6) is 2.52. The van der Waals surface area contributed by atoms with Gasteiger partial charge in [-0.1, -0.05) is 0 Å². The Morgan fingerprint density at radius 2 is 2.20 bits per heavy atom. The number of unbranched alkanes of at least 4 members (excludes halogenated alkanes) is 2. The zero-order valence-electron chi connectivity index (χ0n) is 8.75. The lowest BCUT2D eigenvalue weighted by Crippen LogP contribution is -2.35. The third-order valence-corrected chi connectivity index (χ3v) is 2.11. The van der Waals surface area contributed by atoms with Crippen molar-refractivity contribution in [2.24, 2.45) is 0 Å². The van der Waals surface area contributed by atoms with Gasteiger partial charge >= 0.3 is 5.69 Å². The van der Waals surface area contributed by atoms with Crippen LogP contribution >= 0.6 is 0 Å². The summed E-state index contributed by atoms with van der Waals surface area (Å²) in [5, 5.41) is 0. The Kier molecular flexibility index (Phi) is 3.92. The van der Waals surface area contributed by atoms with Crippen molar-refractivity contribution in [3.05, 3.63) is 32.6 Å². The first-order chi connectivity index (χ1) is 7.15. The highest BCUT2D eigenvalue weighted by Gasteiger charge is 2.01. The Morgan fingerprint density at radius 3 is 2.80 bits per heavy atom. The van der Waals surface area contributed by atoms with Gasteiger partial charge in [-0.25, -0.2) is 4.79 Å². The highest BCUT2D eigenvalue weighted by Crippen LogP contribution is 1.94. The van der Waals surface area contributed by atoms with Crippen molar-refractivity contribution in [2.75, 3.05) is 0 Å². The molecule has 1 heterocycles. The van der Waals surface area contributed by atoms with Crippen LogP contribution in [0.1, 0.15) is 25.0 Å². The largest absolute Gasteiger partial charge is 0.328 e. The molecule has 0 bridgehead atoms. The first-order valence-corrected chi connectivity index (χ1v) is 4.89. The molecule has 4 heteroatoms. The Morgan fingerprint density at radius 1 is 1.47 bits per heavy atom. The fourth-order valence-corrected chi connectivity index (χ4v) is 1.34. The lowest BCUT2D eigenvalue weighted by atomic mass is 10.2. The number of nitrogens with one attached hydrogen (secondary N) is 1. The molecular formula is C11H14N2O2. The molecule has 4 nitrogen and oxygen atoms in total. The van der Waals surface area contributed by atoms with E-state index in [2.05, 4.69) is 10.9 Å². The lowest BCUT2D eigenvalue weighted by Gasteiger charge is -2.03. The van der Waals surface area contributed by atoms with E-state index < -0.39 is 0 Å². The zero-order chi connectivity index (χ0) is 11.3. The Balaban J connectivity index is 2.74. The molecule has 0 radical (unpaired) electrons. The molecule has 0 aliphatic carbocycles. The van der Waals surface area contributed by atoms with Gasteiger partial charge in [0.15, 0.2) is 0 Å². The number of rotatable bonds is 4. The van der Waals surface area contributed by atoms with Crippen LogP contribution in [0.5, 0.6) is 0 Å². The smallest absolute Gasteiger partial charge is 0.311 e. The average molecular weight is 206 g/mol. The topological polar surface area (TPSA) is 54.9 Å². The van der Waals surface area contributed by atoms with E-state index in [1.165, 1.54) is 10.6 Å². The van der Waals surface area contributed by atoms with Gasteiger partial charge in [0.25, 0.3) is 5.56 Å². The zero-order valence-corrected chi connectivity index (χ0v) is 8.75. The van der Waals surface area contributed by atoms with E-state index in [0.29, 0.717) is 18.7 Å². The molecule has 0 fully saturated rings. The third-order valence-electron chi connectivity index (χ3n) is 2.11. The molecule has 1 N–H and O–H groups in total. The van der Waals surface area contributed by atoms with Gasteiger partial charge < -0.3 is 4.98 Å². The van der Waals surface area contributed by atoms with E-state index in [9.17, 15) is 9.59 Å². The van der Waals surface area contributed by atoms with Crippen LogP contribution in [0, 0.1) is 19.3 Å². The molecule has 1 aromatic rings. The number of aromatic amines is 1. The number of hydrogen-bond acceptors (Lipinski definition) is 2. The van der Waals surface area contributed by atoms with E-state index in [0.717, 1.165) is 12.8 Å². The van der Waals surface area contributed by atoms with E-state index >= 15 is 0 Å². The first kappa shape index (κ1) is 11.3. The number of H-pyrrole nitrogens is 1. The lowest BCUT2D eigenvalue weighted by molar-refractivity contribution is 0.571. The quantitative estimate of drug-likeness (QED) is 0.581.